The Kier molecular flexibility index (Phi) is 4.18. The highest BCUT2D eigenvalue weighted by atomic mass is 16.1. The maximum absolute atomic E-state index is 12.7. The van der Waals surface area contributed by atoms with E-state index in [9.17, 15) is 4.79 Å². The maximum atomic E-state index is 12.7. The molecule has 0 amide bonds. The molecule has 0 saturated carbocycles. The van der Waals surface area contributed by atoms with Gasteiger partial charge in [-0.3, -0.25) is 19.4 Å². The van der Waals surface area contributed by atoms with Gasteiger partial charge in [-0.15, -0.1) is 0 Å². The van der Waals surface area contributed by atoms with Crippen molar-refractivity contribution in [2.75, 3.05) is 20.1 Å². The molecule has 26 heavy (non-hydrogen) atoms. The lowest BCUT2D eigenvalue weighted by atomic mass is 9.90. The van der Waals surface area contributed by atoms with Gasteiger partial charge in [0.05, 0.1) is 13.3 Å². The summed E-state index contributed by atoms with van der Waals surface area (Å²) in [6.45, 7) is 1.91. The summed E-state index contributed by atoms with van der Waals surface area (Å²) in [4.78, 5) is 23.8. The molecule has 0 bridgehead atoms. The highest BCUT2D eigenvalue weighted by Crippen LogP contribution is 2.23. The predicted octanol–water partition coefficient (Wildman–Crippen LogP) is 2.48. The number of aryl methyl sites for hydroxylation is 1. The van der Waals surface area contributed by atoms with E-state index in [1.807, 2.05) is 19.3 Å². The van der Waals surface area contributed by atoms with Gasteiger partial charge < -0.3 is 4.90 Å². The van der Waals surface area contributed by atoms with Crippen LogP contribution in [0.5, 0.6) is 0 Å². The summed E-state index contributed by atoms with van der Waals surface area (Å²) in [5.41, 5.74) is 2.22. The first-order chi connectivity index (χ1) is 13.0. The van der Waals surface area contributed by atoms with Gasteiger partial charge in [0.25, 0.3) is 0 Å². The fourth-order valence-electron chi connectivity index (χ4n) is 3.45. The molecule has 0 aromatic carbocycles. The van der Waals surface area contributed by atoms with Crippen molar-refractivity contribution in [3.05, 3.63) is 42.6 Å². The Bertz CT molecular complexity index is 991. The fourth-order valence-corrected chi connectivity index (χ4v) is 3.45. The number of pyridine rings is 2. The average Bonchev–Trinajstić information content (AvgIpc) is 3.11. The summed E-state index contributed by atoms with van der Waals surface area (Å²) in [7, 11) is 3.94. The molecule has 0 radical (unpaired) electrons. The Morgan fingerprint density at radius 3 is 2.69 bits per heavy atom. The Hall–Kier alpha value is -2.60. The van der Waals surface area contributed by atoms with Gasteiger partial charge in [-0.25, -0.2) is 0 Å². The number of rotatable bonds is 4. The molecule has 1 aliphatic rings. The number of nitrogens with zero attached hydrogens (tertiary/aromatic N) is 5. The zero-order valence-electron chi connectivity index (χ0n) is 16.1. The minimum Gasteiger partial charge on any atom is -0.306 e. The molecule has 1 aliphatic heterocycles. The molecule has 0 N–H and O–H groups in total. The maximum Gasteiger partial charge on any atom is 0.142 e. The summed E-state index contributed by atoms with van der Waals surface area (Å²) < 4.78 is 10.3. The number of carbonyl (C=O) groups excluding carboxylic acids is 1. The molecule has 1 saturated heterocycles. The Balaban J connectivity index is 1.61. The quantitative estimate of drug-likeness (QED) is 0.723. The summed E-state index contributed by atoms with van der Waals surface area (Å²) in [6, 6.07) is 2.21. The molecule has 4 heterocycles. The van der Waals surface area contributed by atoms with Crippen molar-refractivity contribution in [2.45, 2.75) is 19.3 Å². The largest absolute Gasteiger partial charge is 0.306 e. The summed E-state index contributed by atoms with van der Waals surface area (Å²) in [5.74, 6) is 0.284. The Morgan fingerprint density at radius 2 is 1.96 bits per heavy atom. The zero-order chi connectivity index (χ0) is 19.0. The van der Waals surface area contributed by atoms with E-state index in [1.54, 1.807) is 23.3 Å². The van der Waals surface area contributed by atoms with Crippen molar-refractivity contribution in [1.82, 2.24) is 24.6 Å². The minimum atomic E-state index is 0.0847. The van der Waals surface area contributed by atoms with Crippen LogP contribution in [0.15, 0.2) is 36.9 Å². The fraction of sp³-hybridized carbons (Fsp3) is 0.400. The molecule has 3 aromatic heterocycles. The van der Waals surface area contributed by atoms with Gasteiger partial charge in [0, 0.05) is 54.6 Å². The lowest BCUT2D eigenvalue weighted by molar-refractivity contribution is -0.123. The van der Waals surface area contributed by atoms with Crippen LogP contribution < -0.4 is 0 Å². The zero-order valence-corrected chi connectivity index (χ0v) is 15.1. The van der Waals surface area contributed by atoms with Crippen LogP contribution in [0.3, 0.4) is 0 Å². The van der Waals surface area contributed by atoms with Crippen molar-refractivity contribution in [2.24, 2.45) is 13.0 Å². The first-order valence-corrected chi connectivity index (χ1v) is 8.96. The van der Waals surface area contributed by atoms with Crippen molar-refractivity contribution in [3.63, 3.8) is 0 Å². The predicted molar refractivity (Wildman–Crippen MR) is 101 cm³/mol. The summed E-state index contributed by atoms with van der Waals surface area (Å²) >= 11 is 0. The van der Waals surface area contributed by atoms with Crippen LogP contribution in [-0.4, -0.2) is 50.6 Å². The summed E-state index contributed by atoms with van der Waals surface area (Å²) in [6.07, 6.45) is 9.10. The lowest BCUT2D eigenvalue weighted by Crippen LogP contribution is -2.34. The van der Waals surface area contributed by atoms with Gasteiger partial charge in [0.15, 0.2) is 0 Å². The van der Waals surface area contributed by atoms with Crippen molar-refractivity contribution in [1.29, 1.82) is 0 Å². The van der Waals surface area contributed by atoms with Crippen LogP contribution in [0, 0.1) is 5.92 Å². The summed E-state index contributed by atoms with van der Waals surface area (Å²) in [5, 5.41) is 5.76. The van der Waals surface area contributed by atoms with Crippen LogP contribution >= 0.6 is 0 Å². The van der Waals surface area contributed by atoms with E-state index >= 15 is 0 Å². The number of aromatic nitrogens is 4. The van der Waals surface area contributed by atoms with Crippen molar-refractivity contribution < 1.29 is 6.17 Å². The molecule has 1 fully saturated rings. The van der Waals surface area contributed by atoms with Crippen LogP contribution in [0.1, 0.15) is 19.9 Å². The molecular weight excluding hydrogens is 326 g/mol. The monoisotopic (exact) mass is 350 g/mol. The van der Waals surface area contributed by atoms with Crippen LogP contribution in [-0.2, 0) is 18.3 Å². The standard InChI is InChI=1S/C20H23N5O/c1-24-5-3-14(4-6-24)20(26)9-18-7-15-8-19(17-12-23-25(2)13-17)22-11-16(15)10-21-18/h7-8,10-14H,3-6,9H2,1-2H3/i7D. The lowest BCUT2D eigenvalue weighted by Gasteiger charge is -2.27. The van der Waals surface area contributed by atoms with E-state index in [0.717, 1.165) is 48.0 Å². The van der Waals surface area contributed by atoms with Crippen molar-refractivity contribution >= 4 is 16.6 Å². The van der Waals surface area contributed by atoms with Crippen LogP contribution in [0.25, 0.3) is 22.0 Å². The van der Waals surface area contributed by atoms with E-state index < -0.39 is 0 Å². The third-order valence-electron chi connectivity index (χ3n) is 5.09. The van der Waals surface area contributed by atoms with Gasteiger partial charge in [-0.2, -0.15) is 5.10 Å². The smallest absolute Gasteiger partial charge is 0.142 e. The second-order valence-electron chi connectivity index (χ2n) is 7.11. The van der Waals surface area contributed by atoms with Gasteiger partial charge in [-0.1, -0.05) is 0 Å². The molecule has 0 spiro atoms. The van der Waals surface area contributed by atoms with Gasteiger partial charge >= 0.3 is 0 Å². The number of fused-ring (bicyclic) bond motifs is 1. The van der Waals surface area contributed by atoms with E-state index in [1.165, 1.54) is 0 Å². The third kappa shape index (κ3) is 3.51. The second-order valence-corrected chi connectivity index (χ2v) is 7.11. The molecule has 6 heteroatoms. The van der Waals surface area contributed by atoms with E-state index in [-0.39, 0.29) is 18.1 Å². The minimum absolute atomic E-state index is 0.0847. The number of hydrogen-bond acceptors (Lipinski definition) is 5. The number of carbonyl (C=O) groups is 1. The van der Waals surface area contributed by atoms with E-state index in [0.29, 0.717) is 11.7 Å². The molecule has 3 aromatic rings. The molecule has 4 rings (SSSR count). The molecule has 134 valence electrons. The van der Waals surface area contributed by atoms with Gasteiger partial charge in [-0.05, 0) is 50.5 Å². The first kappa shape index (κ1) is 15.6. The topological polar surface area (TPSA) is 63.9 Å². The second kappa shape index (κ2) is 6.96. The highest BCUT2D eigenvalue weighted by Gasteiger charge is 2.23. The third-order valence-corrected chi connectivity index (χ3v) is 5.09. The SMILES string of the molecule is [2H]c1c(CC(=O)C2CCN(C)CC2)ncc2cnc(-c3cnn(C)c3)cc12. The first-order valence-electron chi connectivity index (χ1n) is 9.46. The van der Waals surface area contributed by atoms with Crippen LogP contribution in [0.2, 0.25) is 0 Å². The number of likely N-dealkylation sites (tertiary alicyclic amines) is 1. The van der Waals surface area contributed by atoms with Crippen molar-refractivity contribution in [3.8, 4) is 11.3 Å². The number of ketones is 1. The van der Waals surface area contributed by atoms with Crippen LogP contribution in [0.4, 0.5) is 0 Å². The number of piperidine rings is 1. The van der Waals surface area contributed by atoms with Gasteiger partial charge in [0.2, 0.25) is 0 Å². The number of Topliss-reactive ketones (excluding diaryl/α,β-unsaturated/α-hetero) is 1. The Morgan fingerprint density at radius 1 is 1.19 bits per heavy atom. The molecular formula is C20H23N5O. The van der Waals surface area contributed by atoms with Gasteiger partial charge in [0.1, 0.15) is 5.78 Å². The normalized spacial score (nSPS) is 16.8. The molecule has 0 aliphatic carbocycles. The van der Waals surface area contributed by atoms with E-state index in [4.69, 9.17) is 1.37 Å². The molecule has 0 atom stereocenters. The molecule has 6 nitrogen and oxygen atoms in total. The molecule has 0 unspecified atom stereocenters. The average molecular weight is 350 g/mol. The van der Waals surface area contributed by atoms with E-state index in [2.05, 4.69) is 27.0 Å². The Labute approximate surface area is 154 Å². The number of hydrogen-bond donors (Lipinski definition) is 0. The highest BCUT2D eigenvalue weighted by molar-refractivity contribution is 5.87.